The van der Waals surface area contributed by atoms with Gasteiger partial charge >= 0.3 is 5.69 Å². The Morgan fingerprint density at radius 3 is 2.81 bits per heavy atom. The van der Waals surface area contributed by atoms with E-state index in [0.29, 0.717) is 11.5 Å². The van der Waals surface area contributed by atoms with Gasteiger partial charge in [0.05, 0.1) is 23.8 Å². The van der Waals surface area contributed by atoms with Gasteiger partial charge in [0.25, 0.3) is 5.91 Å². The predicted octanol–water partition coefficient (Wildman–Crippen LogP) is 1.60. The van der Waals surface area contributed by atoms with Crippen molar-refractivity contribution in [2.45, 2.75) is 6.10 Å². The maximum absolute atomic E-state index is 12.2. The van der Waals surface area contributed by atoms with E-state index in [-0.39, 0.29) is 23.7 Å². The lowest BCUT2D eigenvalue weighted by Gasteiger charge is -2.24. The third-order valence-corrected chi connectivity index (χ3v) is 3.71. The number of phenolic OH excluding ortho intramolecular Hbond substituents is 1. The van der Waals surface area contributed by atoms with Crippen molar-refractivity contribution < 1.29 is 29.0 Å². The van der Waals surface area contributed by atoms with E-state index in [2.05, 4.69) is 10.5 Å². The molecule has 0 aromatic heterocycles. The lowest BCUT2D eigenvalue weighted by molar-refractivity contribution is -0.386. The van der Waals surface area contributed by atoms with Gasteiger partial charge in [-0.3, -0.25) is 14.9 Å². The molecule has 1 atom stereocenters. The highest BCUT2D eigenvalue weighted by molar-refractivity contribution is 5.90. The molecule has 0 saturated heterocycles. The Kier molecular flexibility index (Phi) is 5.06. The number of nitro benzene ring substituents is 1. The van der Waals surface area contributed by atoms with Gasteiger partial charge in [0, 0.05) is 0 Å². The fourth-order valence-electron chi connectivity index (χ4n) is 2.46. The van der Waals surface area contributed by atoms with Crippen molar-refractivity contribution in [3.8, 4) is 23.0 Å². The molecular weight excluding hydrogens is 358 g/mol. The molecule has 0 spiro atoms. The van der Waals surface area contributed by atoms with E-state index >= 15 is 0 Å². The lowest BCUT2D eigenvalue weighted by atomic mass is 10.1. The van der Waals surface area contributed by atoms with Crippen molar-refractivity contribution in [3.63, 3.8) is 0 Å². The van der Waals surface area contributed by atoms with E-state index in [9.17, 15) is 20.0 Å². The normalized spacial score (nSPS) is 15.4. The topological polar surface area (TPSA) is 133 Å². The first-order valence-corrected chi connectivity index (χ1v) is 7.77. The highest BCUT2D eigenvalue weighted by atomic mass is 16.6. The number of fused-ring (bicyclic) bond motifs is 1. The van der Waals surface area contributed by atoms with Crippen LogP contribution in [0.4, 0.5) is 5.69 Å². The first-order chi connectivity index (χ1) is 13.0. The highest BCUT2D eigenvalue weighted by Gasteiger charge is 2.27. The number of hydrazone groups is 1. The zero-order chi connectivity index (χ0) is 19.4. The quantitative estimate of drug-likeness (QED) is 0.462. The summed E-state index contributed by atoms with van der Waals surface area (Å²) >= 11 is 0. The SMILES string of the molecule is COc1c(O)ccc(/C=N\NC(=O)[C@@H]2COc3ccccc3O2)c1[N+](=O)[O-]. The lowest BCUT2D eigenvalue weighted by Crippen LogP contribution is -2.42. The molecule has 3 rings (SSSR count). The molecule has 1 aliphatic heterocycles. The second-order valence-corrected chi connectivity index (χ2v) is 5.41. The van der Waals surface area contributed by atoms with Crippen LogP contribution in [0.1, 0.15) is 5.56 Å². The second-order valence-electron chi connectivity index (χ2n) is 5.41. The third-order valence-electron chi connectivity index (χ3n) is 3.71. The number of rotatable bonds is 5. The van der Waals surface area contributed by atoms with Crippen LogP contribution in [0.15, 0.2) is 41.5 Å². The van der Waals surface area contributed by atoms with Crippen LogP contribution < -0.4 is 19.6 Å². The molecule has 0 aliphatic carbocycles. The molecule has 2 N–H and O–H groups in total. The number of nitro groups is 1. The Hall–Kier alpha value is -3.82. The number of phenols is 1. The Balaban J connectivity index is 1.71. The van der Waals surface area contributed by atoms with Crippen LogP contribution >= 0.6 is 0 Å². The summed E-state index contributed by atoms with van der Waals surface area (Å²) in [5.74, 6) is -0.273. The number of carbonyl (C=O) groups excluding carboxylic acids is 1. The van der Waals surface area contributed by atoms with Crippen LogP contribution in [0.5, 0.6) is 23.0 Å². The summed E-state index contributed by atoms with van der Waals surface area (Å²) in [6, 6.07) is 9.43. The van der Waals surface area contributed by atoms with E-state index in [4.69, 9.17) is 14.2 Å². The number of nitrogens with zero attached hydrogens (tertiary/aromatic N) is 2. The monoisotopic (exact) mass is 373 g/mol. The van der Waals surface area contributed by atoms with Crippen molar-refractivity contribution in [2.24, 2.45) is 5.10 Å². The molecule has 0 saturated carbocycles. The zero-order valence-electron chi connectivity index (χ0n) is 14.1. The van der Waals surface area contributed by atoms with E-state index in [1.165, 1.54) is 19.2 Å². The number of aromatic hydroxyl groups is 1. The first kappa shape index (κ1) is 18.0. The number of amides is 1. The van der Waals surface area contributed by atoms with E-state index in [1.54, 1.807) is 24.3 Å². The number of hydrogen-bond acceptors (Lipinski definition) is 8. The van der Waals surface area contributed by atoms with Crippen molar-refractivity contribution in [1.82, 2.24) is 5.43 Å². The summed E-state index contributed by atoms with van der Waals surface area (Å²) < 4.78 is 15.8. The van der Waals surface area contributed by atoms with E-state index < -0.39 is 22.6 Å². The van der Waals surface area contributed by atoms with Crippen molar-refractivity contribution in [1.29, 1.82) is 0 Å². The van der Waals surface area contributed by atoms with Gasteiger partial charge in [0.15, 0.2) is 17.2 Å². The Bertz CT molecular complexity index is 913. The van der Waals surface area contributed by atoms with E-state index in [1.807, 2.05) is 0 Å². The number of methoxy groups -OCH3 is 1. The van der Waals surface area contributed by atoms with Gasteiger partial charge in [0.1, 0.15) is 6.61 Å². The molecule has 2 aromatic rings. The van der Waals surface area contributed by atoms with Crippen LogP contribution in [0.25, 0.3) is 0 Å². The number of benzene rings is 2. The van der Waals surface area contributed by atoms with Crippen LogP contribution in [0.2, 0.25) is 0 Å². The molecule has 0 unspecified atom stereocenters. The summed E-state index contributed by atoms with van der Waals surface area (Å²) in [5.41, 5.74) is 1.82. The minimum absolute atomic E-state index is 0.00550. The standard InChI is InChI=1S/C17H15N3O7/c1-25-16-11(21)7-6-10(15(16)20(23)24)8-18-19-17(22)14-9-26-12-4-2-3-5-13(12)27-14/h2-8,14,21H,9H2,1H3,(H,19,22)/b18-8-/t14-/m0/s1. The van der Waals surface area contributed by atoms with Gasteiger partial charge in [0.2, 0.25) is 11.9 Å². The second kappa shape index (κ2) is 7.60. The fourth-order valence-corrected chi connectivity index (χ4v) is 2.46. The average Bonchev–Trinajstić information content (AvgIpc) is 2.68. The molecule has 2 aromatic carbocycles. The van der Waals surface area contributed by atoms with Gasteiger partial charge in [-0.05, 0) is 24.3 Å². The van der Waals surface area contributed by atoms with Crippen LogP contribution in [0.3, 0.4) is 0 Å². The molecule has 1 aliphatic rings. The Labute approximate surface area is 153 Å². The number of nitrogens with one attached hydrogen (secondary N) is 1. The zero-order valence-corrected chi connectivity index (χ0v) is 14.1. The number of ether oxygens (including phenoxy) is 3. The third kappa shape index (κ3) is 3.73. The molecule has 10 nitrogen and oxygen atoms in total. The molecule has 1 heterocycles. The summed E-state index contributed by atoms with van der Waals surface area (Å²) in [6.07, 6.45) is 0.164. The molecule has 0 bridgehead atoms. The van der Waals surface area contributed by atoms with Crippen molar-refractivity contribution >= 4 is 17.8 Å². The minimum Gasteiger partial charge on any atom is -0.504 e. The van der Waals surface area contributed by atoms with E-state index in [0.717, 1.165) is 6.21 Å². The molecule has 0 radical (unpaired) electrons. The predicted molar refractivity (Wildman–Crippen MR) is 93.4 cm³/mol. The first-order valence-electron chi connectivity index (χ1n) is 7.77. The largest absolute Gasteiger partial charge is 0.504 e. The molecule has 10 heteroatoms. The van der Waals surface area contributed by atoms with Crippen molar-refractivity contribution in [2.75, 3.05) is 13.7 Å². The van der Waals surface area contributed by atoms with Crippen LogP contribution in [-0.4, -0.2) is 42.0 Å². The molecule has 27 heavy (non-hydrogen) atoms. The van der Waals surface area contributed by atoms with Gasteiger partial charge in [-0.2, -0.15) is 5.10 Å². The number of para-hydroxylation sites is 2. The number of hydrogen-bond donors (Lipinski definition) is 2. The summed E-state index contributed by atoms with van der Waals surface area (Å²) in [6.45, 7) is 0.00550. The summed E-state index contributed by atoms with van der Waals surface area (Å²) in [7, 11) is 1.20. The summed E-state index contributed by atoms with van der Waals surface area (Å²) in [4.78, 5) is 22.7. The smallest absolute Gasteiger partial charge is 0.323 e. The van der Waals surface area contributed by atoms with Gasteiger partial charge in [-0.1, -0.05) is 12.1 Å². The highest BCUT2D eigenvalue weighted by Crippen LogP contribution is 2.38. The minimum atomic E-state index is -0.915. The maximum atomic E-state index is 12.2. The molecular formula is C17H15N3O7. The maximum Gasteiger partial charge on any atom is 0.323 e. The number of carbonyl (C=O) groups is 1. The fraction of sp³-hybridized carbons (Fsp3) is 0.176. The van der Waals surface area contributed by atoms with Crippen LogP contribution in [-0.2, 0) is 4.79 Å². The average molecular weight is 373 g/mol. The van der Waals surface area contributed by atoms with Crippen LogP contribution in [0, 0.1) is 10.1 Å². The van der Waals surface area contributed by atoms with Gasteiger partial charge in [-0.25, -0.2) is 5.43 Å². The van der Waals surface area contributed by atoms with Gasteiger partial charge < -0.3 is 19.3 Å². The Morgan fingerprint density at radius 1 is 1.37 bits per heavy atom. The van der Waals surface area contributed by atoms with Gasteiger partial charge in [-0.15, -0.1) is 0 Å². The summed E-state index contributed by atoms with van der Waals surface area (Å²) in [5, 5.41) is 24.6. The molecule has 140 valence electrons. The Morgan fingerprint density at radius 2 is 2.11 bits per heavy atom. The molecule has 0 fully saturated rings. The van der Waals surface area contributed by atoms with Crippen molar-refractivity contribution in [3.05, 3.63) is 52.1 Å². The molecule has 1 amide bonds.